The van der Waals surface area contributed by atoms with E-state index in [1.165, 1.54) is 0 Å². The van der Waals surface area contributed by atoms with Crippen LogP contribution in [-0.4, -0.2) is 15.5 Å². The molecule has 0 fully saturated rings. The van der Waals surface area contributed by atoms with Gasteiger partial charge in [-0.15, -0.1) is 0 Å². The van der Waals surface area contributed by atoms with Crippen molar-refractivity contribution in [2.45, 2.75) is 32.2 Å². The standard InChI is InChI=1S/C18H21N3O/c1-14(20-18(22)16-5-3-2-4-6-16)15-7-9-17(10-8-15)21-12-11-19-13-21/h2-3,7-14,16H,4-6H2,1H3,(H,20,22)/t14-,16+/m1/s1. The van der Waals surface area contributed by atoms with Gasteiger partial charge in [0, 0.05) is 24.0 Å². The lowest BCUT2D eigenvalue weighted by atomic mass is 9.93. The van der Waals surface area contributed by atoms with Crippen molar-refractivity contribution in [3.05, 3.63) is 60.7 Å². The van der Waals surface area contributed by atoms with Crippen LogP contribution in [0.2, 0.25) is 0 Å². The summed E-state index contributed by atoms with van der Waals surface area (Å²) in [7, 11) is 0. The van der Waals surface area contributed by atoms with Gasteiger partial charge in [-0.25, -0.2) is 4.98 Å². The number of benzene rings is 1. The fourth-order valence-corrected chi connectivity index (χ4v) is 2.79. The van der Waals surface area contributed by atoms with Crippen LogP contribution in [0, 0.1) is 5.92 Å². The first kappa shape index (κ1) is 14.6. The Labute approximate surface area is 130 Å². The molecule has 1 aromatic heterocycles. The third-order valence-electron chi connectivity index (χ3n) is 4.19. The highest BCUT2D eigenvalue weighted by atomic mass is 16.1. The SMILES string of the molecule is C[C@@H](NC(=O)[C@H]1CC=CCC1)c1ccc(-n2ccnc2)cc1. The molecular formula is C18H21N3O. The van der Waals surface area contributed by atoms with Gasteiger partial charge in [-0.2, -0.15) is 0 Å². The number of nitrogens with zero attached hydrogens (tertiary/aromatic N) is 2. The molecule has 114 valence electrons. The van der Waals surface area contributed by atoms with Crippen LogP contribution in [0.15, 0.2) is 55.1 Å². The van der Waals surface area contributed by atoms with E-state index in [2.05, 4.69) is 34.6 Å². The van der Waals surface area contributed by atoms with Crippen LogP contribution in [0.4, 0.5) is 0 Å². The zero-order chi connectivity index (χ0) is 15.4. The Morgan fingerprint density at radius 1 is 1.32 bits per heavy atom. The van der Waals surface area contributed by atoms with Crippen molar-refractivity contribution in [1.82, 2.24) is 14.9 Å². The molecule has 0 saturated heterocycles. The van der Waals surface area contributed by atoms with Crippen molar-refractivity contribution >= 4 is 5.91 Å². The minimum Gasteiger partial charge on any atom is -0.349 e. The number of carbonyl (C=O) groups excluding carboxylic acids is 1. The summed E-state index contributed by atoms with van der Waals surface area (Å²) >= 11 is 0. The Balaban J connectivity index is 1.63. The second-order valence-electron chi connectivity index (χ2n) is 5.77. The van der Waals surface area contributed by atoms with Gasteiger partial charge in [0.25, 0.3) is 0 Å². The second-order valence-corrected chi connectivity index (χ2v) is 5.77. The van der Waals surface area contributed by atoms with E-state index in [0.29, 0.717) is 0 Å². The van der Waals surface area contributed by atoms with Gasteiger partial charge in [0.05, 0.1) is 12.4 Å². The zero-order valence-electron chi connectivity index (χ0n) is 12.8. The van der Waals surface area contributed by atoms with Crippen molar-refractivity contribution in [3.63, 3.8) is 0 Å². The molecule has 22 heavy (non-hydrogen) atoms. The number of aromatic nitrogens is 2. The lowest BCUT2D eigenvalue weighted by molar-refractivity contribution is -0.125. The molecule has 1 N–H and O–H groups in total. The highest BCUT2D eigenvalue weighted by molar-refractivity contribution is 5.79. The number of hydrogen-bond donors (Lipinski definition) is 1. The molecule has 1 aliphatic carbocycles. The monoisotopic (exact) mass is 295 g/mol. The summed E-state index contributed by atoms with van der Waals surface area (Å²) in [5.41, 5.74) is 2.18. The lowest BCUT2D eigenvalue weighted by Crippen LogP contribution is -2.33. The van der Waals surface area contributed by atoms with Crippen LogP contribution in [0.1, 0.15) is 37.8 Å². The Morgan fingerprint density at radius 2 is 2.14 bits per heavy atom. The van der Waals surface area contributed by atoms with E-state index >= 15 is 0 Å². The van der Waals surface area contributed by atoms with Crippen LogP contribution < -0.4 is 5.32 Å². The minimum absolute atomic E-state index is 0.0234. The molecule has 4 heteroatoms. The third-order valence-corrected chi connectivity index (χ3v) is 4.19. The van der Waals surface area contributed by atoms with Gasteiger partial charge in [0.2, 0.25) is 5.91 Å². The van der Waals surface area contributed by atoms with Gasteiger partial charge in [-0.1, -0.05) is 24.3 Å². The molecule has 3 rings (SSSR count). The van der Waals surface area contributed by atoms with E-state index in [0.717, 1.165) is 30.5 Å². The van der Waals surface area contributed by atoms with Gasteiger partial charge in [0.1, 0.15) is 0 Å². The summed E-state index contributed by atoms with van der Waals surface area (Å²) < 4.78 is 1.96. The molecule has 2 aromatic rings. The average molecular weight is 295 g/mol. The summed E-state index contributed by atoms with van der Waals surface area (Å²) in [6, 6.07) is 8.23. The van der Waals surface area contributed by atoms with E-state index in [4.69, 9.17) is 0 Å². The molecule has 4 nitrogen and oxygen atoms in total. The van der Waals surface area contributed by atoms with Crippen LogP contribution >= 0.6 is 0 Å². The molecule has 0 bridgehead atoms. The zero-order valence-corrected chi connectivity index (χ0v) is 12.8. The molecule has 1 aliphatic rings. The largest absolute Gasteiger partial charge is 0.349 e. The fraction of sp³-hybridized carbons (Fsp3) is 0.333. The van der Waals surface area contributed by atoms with Gasteiger partial charge in [-0.05, 0) is 43.9 Å². The number of nitrogens with one attached hydrogen (secondary N) is 1. The van der Waals surface area contributed by atoms with E-state index < -0.39 is 0 Å². The first-order valence-electron chi connectivity index (χ1n) is 7.77. The third kappa shape index (κ3) is 3.27. The van der Waals surface area contributed by atoms with Crippen LogP contribution in [-0.2, 0) is 4.79 Å². The van der Waals surface area contributed by atoms with Crippen molar-refractivity contribution in [3.8, 4) is 5.69 Å². The summed E-state index contributed by atoms with van der Waals surface area (Å²) in [6.07, 6.45) is 12.5. The van der Waals surface area contributed by atoms with E-state index in [-0.39, 0.29) is 17.9 Å². The number of hydrogen-bond acceptors (Lipinski definition) is 2. The first-order valence-corrected chi connectivity index (χ1v) is 7.77. The molecule has 0 spiro atoms. The van der Waals surface area contributed by atoms with Crippen LogP contribution in [0.25, 0.3) is 5.69 Å². The number of rotatable bonds is 4. The molecule has 0 aliphatic heterocycles. The lowest BCUT2D eigenvalue weighted by Gasteiger charge is -2.21. The highest BCUT2D eigenvalue weighted by Crippen LogP contribution is 2.21. The maximum atomic E-state index is 12.3. The van der Waals surface area contributed by atoms with Gasteiger partial charge < -0.3 is 9.88 Å². The average Bonchev–Trinajstić information content (AvgIpc) is 3.10. The normalized spacial score (nSPS) is 18.9. The van der Waals surface area contributed by atoms with Gasteiger partial charge in [-0.3, -0.25) is 4.79 Å². The Morgan fingerprint density at radius 3 is 2.77 bits per heavy atom. The van der Waals surface area contributed by atoms with E-state index in [1.807, 2.05) is 29.8 Å². The van der Waals surface area contributed by atoms with Crippen molar-refractivity contribution in [2.24, 2.45) is 5.92 Å². The molecule has 2 atom stereocenters. The molecule has 1 heterocycles. The maximum absolute atomic E-state index is 12.3. The smallest absolute Gasteiger partial charge is 0.223 e. The predicted molar refractivity (Wildman–Crippen MR) is 86.6 cm³/mol. The molecule has 0 saturated carbocycles. The molecular weight excluding hydrogens is 274 g/mol. The van der Waals surface area contributed by atoms with Crippen LogP contribution in [0.3, 0.4) is 0 Å². The quantitative estimate of drug-likeness (QED) is 0.879. The summed E-state index contributed by atoms with van der Waals surface area (Å²) in [6.45, 7) is 2.03. The molecule has 0 unspecified atom stereocenters. The van der Waals surface area contributed by atoms with E-state index in [1.54, 1.807) is 12.5 Å². The van der Waals surface area contributed by atoms with Crippen molar-refractivity contribution < 1.29 is 4.79 Å². The minimum atomic E-state index is 0.0234. The van der Waals surface area contributed by atoms with E-state index in [9.17, 15) is 4.79 Å². The van der Waals surface area contributed by atoms with Crippen molar-refractivity contribution in [1.29, 1.82) is 0 Å². The Kier molecular flexibility index (Phi) is 4.37. The summed E-state index contributed by atoms with van der Waals surface area (Å²) in [5, 5.41) is 3.13. The second kappa shape index (κ2) is 6.60. The topological polar surface area (TPSA) is 46.9 Å². The molecule has 0 radical (unpaired) electrons. The number of carbonyl (C=O) groups is 1. The maximum Gasteiger partial charge on any atom is 0.223 e. The Hall–Kier alpha value is -2.36. The summed E-state index contributed by atoms with van der Waals surface area (Å²) in [4.78, 5) is 16.3. The molecule has 1 aromatic carbocycles. The molecule has 1 amide bonds. The number of imidazole rings is 1. The van der Waals surface area contributed by atoms with Crippen LogP contribution in [0.5, 0.6) is 0 Å². The highest BCUT2D eigenvalue weighted by Gasteiger charge is 2.20. The fourth-order valence-electron chi connectivity index (χ4n) is 2.79. The summed E-state index contributed by atoms with van der Waals surface area (Å²) in [5.74, 6) is 0.285. The van der Waals surface area contributed by atoms with Gasteiger partial charge in [0.15, 0.2) is 0 Å². The van der Waals surface area contributed by atoms with Gasteiger partial charge >= 0.3 is 0 Å². The van der Waals surface area contributed by atoms with Crippen molar-refractivity contribution in [2.75, 3.05) is 0 Å². The number of allylic oxidation sites excluding steroid dienone is 2. The first-order chi connectivity index (χ1) is 10.7. The Bertz CT molecular complexity index is 643. The predicted octanol–water partition coefficient (Wildman–Crippen LogP) is 3.41. The number of amides is 1.